The van der Waals surface area contributed by atoms with E-state index in [-0.39, 0.29) is 6.17 Å². The molecule has 0 bridgehead atoms. The zero-order valence-electron chi connectivity index (χ0n) is 4.54. The van der Waals surface area contributed by atoms with Gasteiger partial charge in [0.15, 0.2) is 0 Å². The van der Waals surface area contributed by atoms with Crippen molar-refractivity contribution >= 4 is 6.21 Å². The highest BCUT2D eigenvalue weighted by atomic mass is 14.9. The van der Waals surface area contributed by atoms with Crippen molar-refractivity contribution in [3.05, 3.63) is 11.6 Å². The molecule has 2 heteroatoms. The van der Waals surface area contributed by atoms with E-state index in [1.807, 2.05) is 6.21 Å². The molecule has 0 saturated heterocycles. The van der Waals surface area contributed by atoms with E-state index in [1.54, 1.807) is 0 Å². The molecule has 0 fully saturated rings. The monoisotopic (exact) mass is 108 g/mol. The molecule has 1 aliphatic heterocycles. The summed E-state index contributed by atoms with van der Waals surface area (Å²) in [7, 11) is 0. The third-order valence-corrected chi connectivity index (χ3v) is 1.62. The Morgan fingerprint density at radius 3 is 3.25 bits per heavy atom. The van der Waals surface area contributed by atoms with Crippen LogP contribution in [0.15, 0.2) is 16.6 Å². The number of nitrogens with two attached hydrogens (primary N) is 1. The SMILES string of the molecule is NC1C[C@H]2C=C2C=N1. The first kappa shape index (κ1) is 4.27. The Kier molecular flexibility index (Phi) is 0.641. The number of rotatable bonds is 0. The topological polar surface area (TPSA) is 38.4 Å². The Balaban J connectivity index is 2.16. The fourth-order valence-corrected chi connectivity index (χ4v) is 1.03. The number of aliphatic imine (C=N–C) groups is 1. The molecule has 0 aromatic heterocycles. The van der Waals surface area contributed by atoms with Crippen molar-refractivity contribution in [2.75, 3.05) is 0 Å². The molecule has 0 amide bonds. The zero-order valence-corrected chi connectivity index (χ0v) is 4.54. The number of nitrogens with zero attached hydrogens (tertiary/aromatic N) is 1. The van der Waals surface area contributed by atoms with E-state index in [2.05, 4.69) is 11.1 Å². The Morgan fingerprint density at radius 1 is 1.75 bits per heavy atom. The van der Waals surface area contributed by atoms with Crippen LogP contribution >= 0.6 is 0 Å². The van der Waals surface area contributed by atoms with Gasteiger partial charge < -0.3 is 5.73 Å². The summed E-state index contributed by atoms with van der Waals surface area (Å²) in [5, 5.41) is 0. The van der Waals surface area contributed by atoms with E-state index in [0.717, 1.165) is 6.42 Å². The molecular weight excluding hydrogens is 100 g/mol. The maximum atomic E-state index is 5.52. The lowest BCUT2D eigenvalue weighted by molar-refractivity contribution is 0.601. The minimum absolute atomic E-state index is 0.0718. The first-order valence-electron chi connectivity index (χ1n) is 2.87. The lowest BCUT2D eigenvalue weighted by Gasteiger charge is -2.08. The third-order valence-electron chi connectivity index (χ3n) is 1.62. The minimum Gasteiger partial charge on any atom is -0.310 e. The third kappa shape index (κ3) is 0.497. The maximum Gasteiger partial charge on any atom is 0.0978 e. The quantitative estimate of drug-likeness (QED) is 0.476. The van der Waals surface area contributed by atoms with Gasteiger partial charge in [0.2, 0.25) is 0 Å². The summed E-state index contributed by atoms with van der Waals surface area (Å²) in [6.45, 7) is 0. The summed E-state index contributed by atoms with van der Waals surface area (Å²) in [5.74, 6) is 0.697. The predicted molar refractivity (Wildman–Crippen MR) is 32.7 cm³/mol. The van der Waals surface area contributed by atoms with E-state index < -0.39 is 0 Å². The number of hydrogen-bond donors (Lipinski definition) is 1. The van der Waals surface area contributed by atoms with Gasteiger partial charge in [-0.05, 0) is 12.0 Å². The molecule has 0 radical (unpaired) electrons. The number of hydrogen-bond acceptors (Lipinski definition) is 2. The van der Waals surface area contributed by atoms with Crippen LogP contribution in [0.4, 0.5) is 0 Å². The molecular formula is C6H8N2. The Labute approximate surface area is 48.1 Å². The van der Waals surface area contributed by atoms with Gasteiger partial charge in [-0.25, -0.2) is 0 Å². The molecule has 42 valence electrons. The van der Waals surface area contributed by atoms with Crippen LogP contribution in [-0.2, 0) is 0 Å². The average molecular weight is 108 g/mol. The standard InChI is InChI=1S/C6H8N2/c7-6-2-4-1-5(4)3-8-6/h1,3-4,6H,2,7H2/t4-,6?/m1/s1. The van der Waals surface area contributed by atoms with Gasteiger partial charge in [0, 0.05) is 12.1 Å². The molecule has 2 aliphatic rings. The second kappa shape index (κ2) is 1.20. The zero-order chi connectivity index (χ0) is 5.56. The Hall–Kier alpha value is -0.630. The highest BCUT2D eigenvalue weighted by molar-refractivity contribution is 5.86. The van der Waals surface area contributed by atoms with E-state index in [9.17, 15) is 0 Å². The lowest BCUT2D eigenvalue weighted by Crippen LogP contribution is -2.20. The van der Waals surface area contributed by atoms with Gasteiger partial charge in [0.1, 0.15) is 0 Å². The molecule has 1 aliphatic carbocycles. The van der Waals surface area contributed by atoms with Gasteiger partial charge >= 0.3 is 0 Å². The van der Waals surface area contributed by atoms with Gasteiger partial charge in [-0.15, -0.1) is 0 Å². The highest BCUT2D eigenvalue weighted by Gasteiger charge is 2.27. The van der Waals surface area contributed by atoms with Crippen molar-refractivity contribution in [1.82, 2.24) is 0 Å². The van der Waals surface area contributed by atoms with Gasteiger partial charge in [-0.1, -0.05) is 6.08 Å². The largest absolute Gasteiger partial charge is 0.310 e. The Morgan fingerprint density at radius 2 is 2.62 bits per heavy atom. The molecule has 2 N–H and O–H groups in total. The van der Waals surface area contributed by atoms with Gasteiger partial charge in [0.25, 0.3) is 0 Å². The molecule has 8 heavy (non-hydrogen) atoms. The van der Waals surface area contributed by atoms with Crippen LogP contribution in [0.5, 0.6) is 0 Å². The van der Waals surface area contributed by atoms with Crippen molar-refractivity contribution < 1.29 is 0 Å². The van der Waals surface area contributed by atoms with Crippen LogP contribution in [0.1, 0.15) is 6.42 Å². The van der Waals surface area contributed by atoms with Crippen molar-refractivity contribution in [1.29, 1.82) is 0 Å². The summed E-state index contributed by atoms with van der Waals surface area (Å²) in [5.41, 5.74) is 6.90. The molecule has 0 spiro atoms. The van der Waals surface area contributed by atoms with E-state index >= 15 is 0 Å². The normalized spacial score (nSPS) is 40.9. The highest BCUT2D eigenvalue weighted by Crippen LogP contribution is 2.33. The second-order valence-electron chi connectivity index (χ2n) is 2.35. The number of fused-ring (bicyclic) bond motifs is 1. The lowest BCUT2D eigenvalue weighted by atomic mass is 10.1. The van der Waals surface area contributed by atoms with Crippen molar-refractivity contribution in [2.24, 2.45) is 16.6 Å². The molecule has 1 unspecified atom stereocenters. The summed E-state index contributed by atoms with van der Waals surface area (Å²) in [4.78, 5) is 4.04. The number of allylic oxidation sites excluding steroid dienone is 2. The van der Waals surface area contributed by atoms with Gasteiger partial charge in [-0.3, -0.25) is 4.99 Å². The van der Waals surface area contributed by atoms with Gasteiger partial charge in [-0.2, -0.15) is 0 Å². The summed E-state index contributed by atoms with van der Waals surface area (Å²) in [6, 6.07) is 0. The van der Waals surface area contributed by atoms with Crippen LogP contribution < -0.4 is 5.73 Å². The summed E-state index contributed by atoms with van der Waals surface area (Å²) in [6.07, 6.45) is 5.20. The minimum atomic E-state index is 0.0718. The first-order chi connectivity index (χ1) is 3.86. The molecule has 2 atom stereocenters. The second-order valence-corrected chi connectivity index (χ2v) is 2.35. The van der Waals surface area contributed by atoms with Crippen LogP contribution in [-0.4, -0.2) is 12.4 Å². The molecule has 2 rings (SSSR count). The average Bonchev–Trinajstić information content (AvgIpc) is 2.43. The van der Waals surface area contributed by atoms with Crippen LogP contribution in [0.3, 0.4) is 0 Å². The van der Waals surface area contributed by atoms with Crippen molar-refractivity contribution in [2.45, 2.75) is 12.6 Å². The molecule has 0 aromatic carbocycles. The van der Waals surface area contributed by atoms with E-state index in [0.29, 0.717) is 5.92 Å². The molecule has 2 nitrogen and oxygen atoms in total. The fourth-order valence-electron chi connectivity index (χ4n) is 1.03. The summed E-state index contributed by atoms with van der Waals surface area (Å²) >= 11 is 0. The first-order valence-corrected chi connectivity index (χ1v) is 2.87. The van der Waals surface area contributed by atoms with Crippen LogP contribution in [0.25, 0.3) is 0 Å². The van der Waals surface area contributed by atoms with Crippen LogP contribution in [0, 0.1) is 5.92 Å². The van der Waals surface area contributed by atoms with Crippen LogP contribution in [0.2, 0.25) is 0 Å². The summed E-state index contributed by atoms with van der Waals surface area (Å²) < 4.78 is 0. The van der Waals surface area contributed by atoms with Crippen molar-refractivity contribution in [3.8, 4) is 0 Å². The molecule has 0 aromatic rings. The van der Waals surface area contributed by atoms with E-state index in [4.69, 9.17) is 5.73 Å². The molecule has 1 heterocycles. The van der Waals surface area contributed by atoms with Crippen molar-refractivity contribution in [3.63, 3.8) is 0 Å². The Bertz CT molecular complexity index is 169. The fraction of sp³-hybridized carbons (Fsp3) is 0.500. The predicted octanol–water partition coefficient (Wildman–Crippen LogP) is 0.302. The maximum absolute atomic E-state index is 5.52. The van der Waals surface area contributed by atoms with Gasteiger partial charge in [0.05, 0.1) is 6.17 Å². The van der Waals surface area contributed by atoms with E-state index in [1.165, 1.54) is 5.57 Å². The smallest absolute Gasteiger partial charge is 0.0978 e. The molecule has 0 saturated carbocycles.